The lowest BCUT2D eigenvalue weighted by Gasteiger charge is -2.38. The number of nitrogens with zero attached hydrogens (tertiary/aromatic N) is 4. The summed E-state index contributed by atoms with van der Waals surface area (Å²) in [5.74, 6) is 0. The second-order valence-electron chi connectivity index (χ2n) is 4.73. The molecule has 0 bridgehead atoms. The van der Waals surface area contributed by atoms with Crippen molar-refractivity contribution in [2.24, 2.45) is 0 Å². The first-order valence-electron chi connectivity index (χ1n) is 6.33. The average Bonchev–Trinajstić information content (AvgIpc) is 2.97. The van der Waals surface area contributed by atoms with Crippen LogP contribution in [0.3, 0.4) is 0 Å². The minimum absolute atomic E-state index is 0.0195. The van der Waals surface area contributed by atoms with Crippen molar-refractivity contribution < 1.29 is 9.53 Å². The first-order valence-corrected chi connectivity index (χ1v) is 6.33. The number of carbonyl (C=O) groups excluding carboxylic acids is 1. The topological polar surface area (TPSA) is 72.3 Å². The van der Waals surface area contributed by atoms with E-state index in [2.05, 4.69) is 15.5 Å². The van der Waals surface area contributed by atoms with Crippen LogP contribution >= 0.6 is 0 Å². The maximum absolute atomic E-state index is 11.8. The summed E-state index contributed by atoms with van der Waals surface area (Å²) in [6.07, 6.45) is 5.64. The van der Waals surface area contributed by atoms with Gasteiger partial charge >= 0.3 is 6.03 Å². The standard InChI is InChI=1S/C11H17N5O2/c17-11(12-6-10-2-1-5-18-10)15-7-9(8-15)16-13-3-4-14-16/h3-4,9-10H,1-2,5-8H2,(H,12,17). The quantitative estimate of drug-likeness (QED) is 0.822. The van der Waals surface area contributed by atoms with Crippen LogP contribution in [0.15, 0.2) is 12.4 Å². The highest BCUT2D eigenvalue weighted by Crippen LogP contribution is 2.19. The third kappa shape index (κ3) is 2.31. The molecule has 0 saturated carbocycles. The van der Waals surface area contributed by atoms with Gasteiger partial charge in [0.1, 0.15) is 6.04 Å². The Balaban J connectivity index is 1.39. The van der Waals surface area contributed by atoms with Crippen LogP contribution in [0, 0.1) is 0 Å². The number of carbonyl (C=O) groups is 1. The number of likely N-dealkylation sites (tertiary alicyclic amines) is 1. The smallest absolute Gasteiger partial charge is 0.317 e. The summed E-state index contributed by atoms with van der Waals surface area (Å²) >= 11 is 0. The van der Waals surface area contributed by atoms with Crippen LogP contribution in [0.2, 0.25) is 0 Å². The van der Waals surface area contributed by atoms with Crippen molar-refractivity contribution in [2.75, 3.05) is 26.2 Å². The Morgan fingerprint density at radius 2 is 2.17 bits per heavy atom. The molecule has 3 rings (SSSR count). The monoisotopic (exact) mass is 251 g/mol. The molecule has 1 aromatic heterocycles. The van der Waals surface area contributed by atoms with Gasteiger partial charge in [0.25, 0.3) is 0 Å². The Bertz CT molecular complexity index is 396. The van der Waals surface area contributed by atoms with Crippen LogP contribution in [0.4, 0.5) is 4.79 Å². The molecular formula is C11H17N5O2. The van der Waals surface area contributed by atoms with Crippen molar-refractivity contribution in [3.05, 3.63) is 12.4 Å². The third-order valence-electron chi connectivity index (χ3n) is 3.42. The molecule has 7 heteroatoms. The van der Waals surface area contributed by atoms with Crippen LogP contribution in [-0.2, 0) is 4.74 Å². The van der Waals surface area contributed by atoms with Gasteiger partial charge in [0, 0.05) is 26.2 Å². The lowest BCUT2D eigenvalue weighted by molar-refractivity contribution is 0.0932. The van der Waals surface area contributed by atoms with E-state index in [0.717, 1.165) is 19.4 Å². The molecule has 2 aliphatic heterocycles. The van der Waals surface area contributed by atoms with Crippen LogP contribution in [0.25, 0.3) is 0 Å². The average molecular weight is 251 g/mol. The molecular weight excluding hydrogens is 234 g/mol. The molecule has 0 spiro atoms. The van der Waals surface area contributed by atoms with Crippen molar-refractivity contribution >= 4 is 6.03 Å². The van der Waals surface area contributed by atoms with Gasteiger partial charge in [-0.15, -0.1) is 0 Å². The number of aromatic nitrogens is 3. The zero-order valence-corrected chi connectivity index (χ0v) is 10.2. The van der Waals surface area contributed by atoms with Gasteiger partial charge in [-0.3, -0.25) is 0 Å². The predicted molar refractivity (Wildman–Crippen MR) is 63.0 cm³/mol. The number of urea groups is 1. The van der Waals surface area contributed by atoms with Gasteiger partial charge in [-0.2, -0.15) is 15.0 Å². The Morgan fingerprint density at radius 1 is 1.39 bits per heavy atom. The zero-order valence-electron chi connectivity index (χ0n) is 10.2. The molecule has 2 fully saturated rings. The van der Waals surface area contributed by atoms with Gasteiger partial charge < -0.3 is 15.0 Å². The summed E-state index contributed by atoms with van der Waals surface area (Å²) in [4.78, 5) is 15.2. The molecule has 98 valence electrons. The highest BCUT2D eigenvalue weighted by atomic mass is 16.5. The number of rotatable bonds is 3. The fraction of sp³-hybridized carbons (Fsp3) is 0.727. The van der Waals surface area contributed by atoms with Crippen molar-refractivity contribution in [2.45, 2.75) is 25.0 Å². The summed E-state index contributed by atoms with van der Waals surface area (Å²) in [7, 11) is 0. The van der Waals surface area contributed by atoms with Gasteiger partial charge in [-0.1, -0.05) is 0 Å². The molecule has 0 aromatic carbocycles. The molecule has 2 aliphatic rings. The van der Waals surface area contributed by atoms with E-state index in [1.54, 1.807) is 22.1 Å². The maximum atomic E-state index is 11.8. The second kappa shape index (κ2) is 4.93. The van der Waals surface area contributed by atoms with Crippen LogP contribution in [-0.4, -0.2) is 58.3 Å². The van der Waals surface area contributed by atoms with Crippen molar-refractivity contribution in [3.8, 4) is 0 Å². The minimum Gasteiger partial charge on any atom is -0.376 e. The molecule has 1 aromatic rings. The number of ether oxygens (including phenoxy) is 1. The molecule has 18 heavy (non-hydrogen) atoms. The Kier molecular flexibility index (Phi) is 3.14. The first-order chi connectivity index (χ1) is 8.83. The van der Waals surface area contributed by atoms with E-state index in [0.29, 0.717) is 19.6 Å². The molecule has 2 amide bonds. The van der Waals surface area contributed by atoms with E-state index in [9.17, 15) is 4.79 Å². The fourth-order valence-corrected chi connectivity index (χ4v) is 2.30. The molecule has 3 heterocycles. The summed E-state index contributed by atoms with van der Waals surface area (Å²) in [6.45, 7) is 2.77. The Labute approximate surface area is 105 Å². The van der Waals surface area contributed by atoms with Crippen LogP contribution in [0.5, 0.6) is 0 Å². The van der Waals surface area contributed by atoms with Crippen molar-refractivity contribution in [1.29, 1.82) is 0 Å². The van der Waals surface area contributed by atoms with Gasteiger partial charge in [-0.25, -0.2) is 4.79 Å². The predicted octanol–water partition coefficient (Wildman–Crippen LogP) is 0.0234. The fourth-order valence-electron chi connectivity index (χ4n) is 2.30. The molecule has 7 nitrogen and oxygen atoms in total. The molecule has 0 radical (unpaired) electrons. The minimum atomic E-state index is -0.0195. The second-order valence-corrected chi connectivity index (χ2v) is 4.73. The number of hydrogen-bond donors (Lipinski definition) is 1. The number of hydrogen-bond acceptors (Lipinski definition) is 4. The zero-order chi connectivity index (χ0) is 12.4. The lowest BCUT2D eigenvalue weighted by atomic mass is 10.1. The van der Waals surface area contributed by atoms with E-state index >= 15 is 0 Å². The largest absolute Gasteiger partial charge is 0.376 e. The molecule has 1 atom stereocenters. The Hall–Kier alpha value is -1.63. The number of amides is 2. The van der Waals surface area contributed by atoms with E-state index in [-0.39, 0.29) is 18.2 Å². The van der Waals surface area contributed by atoms with Gasteiger partial charge in [0.2, 0.25) is 0 Å². The lowest BCUT2D eigenvalue weighted by Crippen LogP contribution is -2.55. The summed E-state index contributed by atoms with van der Waals surface area (Å²) < 4.78 is 5.46. The summed E-state index contributed by atoms with van der Waals surface area (Å²) in [5.41, 5.74) is 0. The molecule has 2 saturated heterocycles. The molecule has 0 aliphatic carbocycles. The number of nitrogens with one attached hydrogen (secondary N) is 1. The van der Waals surface area contributed by atoms with Crippen molar-refractivity contribution in [1.82, 2.24) is 25.2 Å². The molecule has 1 N–H and O–H groups in total. The normalized spacial score (nSPS) is 24.0. The van der Waals surface area contributed by atoms with E-state index in [4.69, 9.17) is 4.74 Å². The highest BCUT2D eigenvalue weighted by Gasteiger charge is 2.33. The Morgan fingerprint density at radius 3 is 2.83 bits per heavy atom. The first kappa shape index (κ1) is 11.5. The SMILES string of the molecule is O=C(NCC1CCCO1)N1CC(n2nccn2)C1. The third-order valence-corrected chi connectivity index (χ3v) is 3.42. The highest BCUT2D eigenvalue weighted by molar-refractivity contribution is 5.75. The van der Waals surface area contributed by atoms with Crippen LogP contribution in [0.1, 0.15) is 18.9 Å². The van der Waals surface area contributed by atoms with Gasteiger partial charge in [-0.05, 0) is 12.8 Å². The van der Waals surface area contributed by atoms with E-state index < -0.39 is 0 Å². The van der Waals surface area contributed by atoms with Crippen molar-refractivity contribution in [3.63, 3.8) is 0 Å². The van der Waals surface area contributed by atoms with E-state index in [1.165, 1.54) is 0 Å². The summed E-state index contributed by atoms with van der Waals surface area (Å²) in [6, 6.07) is 0.197. The maximum Gasteiger partial charge on any atom is 0.317 e. The van der Waals surface area contributed by atoms with Crippen LogP contribution < -0.4 is 5.32 Å². The molecule has 1 unspecified atom stereocenters. The van der Waals surface area contributed by atoms with E-state index in [1.807, 2.05) is 0 Å². The van der Waals surface area contributed by atoms with Gasteiger partial charge in [0.15, 0.2) is 0 Å². The van der Waals surface area contributed by atoms with Gasteiger partial charge in [0.05, 0.1) is 18.5 Å². The summed E-state index contributed by atoms with van der Waals surface area (Å²) in [5, 5.41) is 11.0.